The molecular formula is C12H19NO3S. The van der Waals surface area contributed by atoms with Gasteiger partial charge in [0.2, 0.25) is 10.0 Å². The van der Waals surface area contributed by atoms with Crippen LogP contribution in [0.2, 0.25) is 0 Å². The van der Waals surface area contributed by atoms with Crippen molar-refractivity contribution in [1.82, 2.24) is 4.72 Å². The fourth-order valence-electron chi connectivity index (χ4n) is 1.42. The van der Waals surface area contributed by atoms with Crippen LogP contribution in [-0.2, 0) is 15.6 Å². The highest BCUT2D eigenvalue weighted by molar-refractivity contribution is 7.90. The Morgan fingerprint density at radius 2 is 1.82 bits per heavy atom. The summed E-state index contributed by atoms with van der Waals surface area (Å²) in [5, 5.41) is 8.93. The van der Waals surface area contributed by atoms with Crippen molar-refractivity contribution in [2.75, 3.05) is 6.61 Å². The Morgan fingerprint density at radius 1 is 1.29 bits per heavy atom. The molecule has 4 nitrogen and oxygen atoms in total. The van der Waals surface area contributed by atoms with Crippen molar-refractivity contribution in [2.45, 2.75) is 31.6 Å². The molecule has 96 valence electrons. The van der Waals surface area contributed by atoms with E-state index in [0.717, 1.165) is 5.56 Å². The maximum absolute atomic E-state index is 11.9. The van der Waals surface area contributed by atoms with Gasteiger partial charge in [0.1, 0.15) is 0 Å². The summed E-state index contributed by atoms with van der Waals surface area (Å²) in [6.07, 6.45) is 0. The van der Waals surface area contributed by atoms with E-state index in [9.17, 15) is 13.5 Å². The van der Waals surface area contributed by atoms with E-state index in [1.54, 1.807) is 32.9 Å². The number of sulfonamides is 1. The van der Waals surface area contributed by atoms with E-state index in [0.29, 0.717) is 0 Å². The summed E-state index contributed by atoms with van der Waals surface area (Å²) in [7, 11) is -3.43. The Bertz CT molecular complexity index is 456. The number of rotatable bonds is 5. The van der Waals surface area contributed by atoms with E-state index in [-0.39, 0.29) is 6.61 Å². The predicted octanol–water partition coefficient (Wildman–Crippen LogP) is 1.22. The minimum Gasteiger partial charge on any atom is -0.394 e. The first-order valence-corrected chi connectivity index (χ1v) is 7.05. The molecule has 5 heteroatoms. The molecule has 0 bridgehead atoms. The Balaban J connectivity index is 3.07. The Morgan fingerprint density at radius 3 is 2.24 bits per heavy atom. The lowest BCUT2D eigenvalue weighted by atomic mass is 9.94. The van der Waals surface area contributed by atoms with Crippen LogP contribution in [0.3, 0.4) is 0 Å². The van der Waals surface area contributed by atoms with E-state index in [2.05, 4.69) is 4.72 Å². The van der Waals surface area contributed by atoms with Crippen molar-refractivity contribution in [3.05, 3.63) is 35.9 Å². The third-order valence-corrected chi connectivity index (χ3v) is 4.69. The number of benzene rings is 1. The van der Waals surface area contributed by atoms with E-state index in [1.165, 1.54) is 0 Å². The van der Waals surface area contributed by atoms with Crippen molar-refractivity contribution in [3.63, 3.8) is 0 Å². The summed E-state index contributed by atoms with van der Waals surface area (Å²) < 4.78 is 26.3. The highest BCUT2D eigenvalue weighted by Crippen LogP contribution is 2.21. The fraction of sp³-hybridized carbons (Fsp3) is 0.500. The highest BCUT2D eigenvalue weighted by atomic mass is 32.2. The monoisotopic (exact) mass is 257 g/mol. The summed E-state index contributed by atoms with van der Waals surface area (Å²) in [4.78, 5) is 0. The summed E-state index contributed by atoms with van der Waals surface area (Å²) in [5.41, 5.74) is -0.239. The smallest absolute Gasteiger partial charge is 0.214 e. The van der Waals surface area contributed by atoms with Gasteiger partial charge in [-0.3, -0.25) is 0 Å². The normalized spacial score (nSPS) is 15.8. The van der Waals surface area contributed by atoms with Crippen LogP contribution in [0, 0.1) is 0 Å². The van der Waals surface area contributed by atoms with E-state index in [1.807, 2.05) is 18.2 Å². The average molecular weight is 257 g/mol. The van der Waals surface area contributed by atoms with Crippen LogP contribution in [0.25, 0.3) is 0 Å². The molecule has 0 aromatic heterocycles. The minimum absolute atomic E-state index is 0.289. The van der Waals surface area contributed by atoms with Gasteiger partial charge in [-0.2, -0.15) is 0 Å². The van der Waals surface area contributed by atoms with Crippen LogP contribution in [0.1, 0.15) is 26.3 Å². The molecule has 1 rings (SSSR count). The molecule has 0 saturated carbocycles. The molecule has 0 saturated heterocycles. The van der Waals surface area contributed by atoms with Gasteiger partial charge in [-0.15, -0.1) is 0 Å². The summed E-state index contributed by atoms with van der Waals surface area (Å²) in [5.74, 6) is 0. The Labute approximate surface area is 103 Å². The molecule has 0 aliphatic rings. The largest absolute Gasteiger partial charge is 0.394 e. The van der Waals surface area contributed by atoms with E-state index >= 15 is 0 Å². The fourth-order valence-corrected chi connectivity index (χ4v) is 2.47. The van der Waals surface area contributed by atoms with Crippen LogP contribution in [0.5, 0.6) is 0 Å². The number of hydrogen-bond acceptors (Lipinski definition) is 3. The first kappa shape index (κ1) is 14.2. The molecule has 0 radical (unpaired) electrons. The molecule has 1 atom stereocenters. The van der Waals surface area contributed by atoms with Crippen LogP contribution >= 0.6 is 0 Å². The third kappa shape index (κ3) is 3.28. The average Bonchev–Trinajstić information content (AvgIpc) is 2.29. The van der Waals surface area contributed by atoms with Gasteiger partial charge in [-0.05, 0) is 26.3 Å². The first-order valence-electron chi connectivity index (χ1n) is 5.51. The second-order valence-corrected chi connectivity index (χ2v) is 6.79. The minimum atomic E-state index is -3.43. The van der Waals surface area contributed by atoms with E-state index in [4.69, 9.17) is 0 Å². The summed E-state index contributed by atoms with van der Waals surface area (Å²) in [6.45, 7) is 4.58. The van der Waals surface area contributed by atoms with Crippen LogP contribution in [0.15, 0.2) is 30.3 Å². The number of aliphatic hydroxyl groups is 1. The zero-order valence-electron chi connectivity index (χ0n) is 10.3. The molecule has 0 aliphatic heterocycles. The Kier molecular flexibility index (Phi) is 4.30. The summed E-state index contributed by atoms with van der Waals surface area (Å²) in [6, 6.07) is 9.05. The van der Waals surface area contributed by atoms with Crippen LogP contribution in [0.4, 0.5) is 0 Å². The van der Waals surface area contributed by atoms with Gasteiger partial charge < -0.3 is 5.11 Å². The molecule has 2 N–H and O–H groups in total. The van der Waals surface area contributed by atoms with Crippen molar-refractivity contribution in [2.24, 2.45) is 0 Å². The van der Waals surface area contributed by atoms with Crippen molar-refractivity contribution in [3.8, 4) is 0 Å². The van der Waals surface area contributed by atoms with Gasteiger partial charge >= 0.3 is 0 Å². The maximum atomic E-state index is 11.9. The topological polar surface area (TPSA) is 66.4 Å². The Hall–Kier alpha value is -0.910. The van der Waals surface area contributed by atoms with Gasteiger partial charge in [0.15, 0.2) is 0 Å². The first-order chi connectivity index (χ1) is 7.82. The lowest BCUT2D eigenvalue weighted by Gasteiger charge is -2.29. The molecule has 0 heterocycles. The van der Waals surface area contributed by atoms with Gasteiger partial charge in [-0.1, -0.05) is 30.3 Å². The van der Waals surface area contributed by atoms with Gasteiger partial charge in [-0.25, -0.2) is 13.1 Å². The predicted molar refractivity (Wildman–Crippen MR) is 68.1 cm³/mol. The zero-order valence-corrected chi connectivity index (χ0v) is 11.2. The molecule has 0 fully saturated rings. The van der Waals surface area contributed by atoms with Crippen LogP contribution < -0.4 is 4.72 Å². The second kappa shape index (κ2) is 5.16. The standard InChI is InChI=1S/C12H19NO3S/c1-10(2)17(15,16)13-12(3,9-14)11-7-5-4-6-8-11/h4-8,10,13-14H,9H2,1-3H3. The molecule has 0 aliphatic carbocycles. The molecule has 17 heavy (non-hydrogen) atoms. The zero-order chi connectivity index (χ0) is 13.1. The highest BCUT2D eigenvalue weighted by Gasteiger charge is 2.32. The van der Waals surface area contributed by atoms with Crippen molar-refractivity contribution < 1.29 is 13.5 Å². The quantitative estimate of drug-likeness (QED) is 0.833. The van der Waals surface area contributed by atoms with Crippen LogP contribution in [-0.4, -0.2) is 25.4 Å². The molecule has 1 aromatic rings. The number of hydrogen-bond donors (Lipinski definition) is 2. The number of nitrogens with one attached hydrogen (secondary N) is 1. The van der Waals surface area contributed by atoms with Gasteiger partial charge in [0.25, 0.3) is 0 Å². The van der Waals surface area contributed by atoms with Gasteiger partial charge in [0.05, 0.1) is 17.4 Å². The molecule has 1 aromatic carbocycles. The third-order valence-electron chi connectivity index (χ3n) is 2.72. The molecule has 0 amide bonds. The summed E-state index contributed by atoms with van der Waals surface area (Å²) >= 11 is 0. The molecule has 1 unspecified atom stereocenters. The lowest BCUT2D eigenvalue weighted by Crippen LogP contribution is -2.48. The van der Waals surface area contributed by atoms with Crippen molar-refractivity contribution >= 4 is 10.0 Å². The lowest BCUT2D eigenvalue weighted by molar-refractivity contribution is 0.196. The maximum Gasteiger partial charge on any atom is 0.214 e. The van der Waals surface area contributed by atoms with Gasteiger partial charge in [0, 0.05) is 0 Å². The number of aliphatic hydroxyl groups excluding tert-OH is 1. The second-order valence-electron chi connectivity index (χ2n) is 4.55. The SMILES string of the molecule is CC(C)S(=O)(=O)NC(C)(CO)c1ccccc1. The molecular weight excluding hydrogens is 238 g/mol. The van der Waals surface area contributed by atoms with E-state index < -0.39 is 20.8 Å². The molecule has 0 spiro atoms. The van der Waals surface area contributed by atoms with Crippen molar-refractivity contribution in [1.29, 1.82) is 0 Å².